The lowest BCUT2D eigenvalue weighted by Crippen LogP contribution is -2.26. The molecule has 0 aromatic carbocycles. The van der Waals surface area contributed by atoms with Gasteiger partial charge in [-0.1, -0.05) is 259 Å². The summed E-state index contributed by atoms with van der Waals surface area (Å²) < 4.78 is 0. The van der Waals surface area contributed by atoms with E-state index in [1.54, 1.807) is 24.3 Å². The van der Waals surface area contributed by atoms with E-state index < -0.39 is 45.9 Å². The van der Waals surface area contributed by atoms with E-state index in [1.807, 2.05) is 0 Å². The quantitative estimate of drug-likeness (QED) is 0.0200. The maximum absolute atomic E-state index is 14.6. The molecular weight excluding hydrogens is 1000 g/mol. The smallest absolute Gasteiger partial charge is 0.254 e. The summed E-state index contributed by atoms with van der Waals surface area (Å²) >= 11 is 0. The first-order chi connectivity index (χ1) is 38.9. The summed E-state index contributed by atoms with van der Waals surface area (Å²) in [5, 5.41) is 48.0. The molecule has 5 rings (SSSR count). The summed E-state index contributed by atoms with van der Waals surface area (Å²) in [4.78, 5) is 69.3. The highest BCUT2D eigenvalue weighted by Crippen LogP contribution is 2.44. The molecule has 0 saturated heterocycles. The summed E-state index contributed by atoms with van der Waals surface area (Å²) in [5.74, 6) is -4.32. The number of nitrogens with one attached hydrogen (secondary N) is 4. The van der Waals surface area contributed by atoms with E-state index in [2.05, 4.69) is 47.6 Å². The molecule has 0 aliphatic heterocycles. The predicted molar refractivity (Wildman–Crippen MR) is 330 cm³/mol. The second kappa shape index (κ2) is 37.2. The van der Waals surface area contributed by atoms with Crippen LogP contribution in [0.5, 0.6) is 23.5 Å². The summed E-state index contributed by atoms with van der Waals surface area (Å²) in [5.41, 5.74) is 0.508. The van der Waals surface area contributed by atoms with Gasteiger partial charge in [0.25, 0.3) is 22.2 Å². The van der Waals surface area contributed by atoms with Gasteiger partial charge in [-0.15, -0.1) is 0 Å². The van der Waals surface area contributed by atoms with Crippen LogP contribution in [-0.2, 0) is 0 Å². The molecule has 8 N–H and O–H groups in total. The monoisotopic (exact) mass is 1110 g/mol. The normalized spacial score (nSPS) is 16.1. The number of pyridine rings is 4. The molecule has 4 aromatic rings. The lowest BCUT2D eigenvalue weighted by Gasteiger charge is -2.26. The minimum absolute atomic E-state index is 0.280. The summed E-state index contributed by atoms with van der Waals surface area (Å²) in [6, 6.07) is 6.86. The molecule has 4 heterocycles. The lowest BCUT2D eigenvalue weighted by atomic mass is 9.79. The molecule has 1 aliphatic rings. The Balaban J connectivity index is 1.69. The number of aromatic nitrogens is 4. The third kappa shape index (κ3) is 20.8. The molecule has 0 saturated carbocycles. The van der Waals surface area contributed by atoms with Gasteiger partial charge < -0.3 is 20.4 Å². The van der Waals surface area contributed by atoms with Gasteiger partial charge in [0.05, 0.1) is 0 Å². The van der Waals surface area contributed by atoms with Crippen LogP contribution in [0.3, 0.4) is 0 Å². The highest BCUT2D eigenvalue weighted by Gasteiger charge is 2.33. The van der Waals surface area contributed by atoms with E-state index in [-0.39, 0.29) is 34.6 Å². The first-order valence-corrected chi connectivity index (χ1v) is 32.8. The SMILES string of the molecule is CCCCCCCCCCCC1c2cc(c(=O)[nH]c2O)[C@@H](CCCCCCCCCCC)c2cc(c(=O)[nH]c2O)C(CCCCCCCCCCC)c2cc(c(O)[nH]c2=O)[C@H](CCCCCCCCCCC)c2cc1c(O)[nH]c2=O. The standard InChI is InChI=1S/C68H108N4O8/c1-5-9-13-17-21-25-29-33-37-41-49-53-45-55(63(75)69-61(53)73)50(42-38-34-30-26-22-18-14-10-6-2)57-47-59(67(79)71-65(57)77)52(44-40-36-32-28-24-20-16-12-8-4)60-48-58(66(78)72-68(60)80)51(56-46-54(49)62(74)70-64(56)76)43-39-35-31-27-23-19-15-11-7-3/h45-52H,5-44H2,1-4H3,(H2,69,73,75)(H2,70,74,76)(H2,71,77,79)(H2,72,78,80)/t49-,50?,51?,52-. The van der Waals surface area contributed by atoms with Crippen LogP contribution in [0, 0.1) is 0 Å². The van der Waals surface area contributed by atoms with Crippen LogP contribution in [0.4, 0.5) is 0 Å². The maximum Gasteiger partial charge on any atom is 0.254 e. The Hall–Kier alpha value is -5.00. The molecule has 1 aliphatic carbocycles. The average molecular weight is 1110 g/mol. The molecule has 4 aromatic heterocycles. The van der Waals surface area contributed by atoms with E-state index >= 15 is 0 Å². The second-order valence-electron chi connectivity index (χ2n) is 24.1. The number of hydrogen-bond donors (Lipinski definition) is 8. The average Bonchev–Trinajstić information content (AvgIpc) is 3.53. The van der Waals surface area contributed by atoms with Crippen molar-refractivity contribution in [2.24, 2.45) is 0 Å². The molecule has 0 unspecified atom stereocenters. The Morgan fingerprint density at radius 1 is 0.250 bits per heavy atom. The number of H-pyrrole nitrogens is 4. The molecule has 448 valence electrons. The van der Waals surface area contributed by atoms with Gasteiger partial charge in [0, 0.05) is 68.2 Å². The van der Waals surface area contributed by atoms with E-state index in [9.17, 15) is 39.6 Å². The van der Waals surface area contributed by atoms with Gasteiger partial charge in [0.1, 0.15) is 0 Å². The molecule has 12 nitrogen and oxygen atoms in total. The third-order valence-electron chi connectivity index (χ3n) is 17.7. The number of aromatic amines is 4. The number of aromatic hydroxyl groups is 4. The Labute approximate surface area is 480 Å². The van der Waals surface area contributed by atoms with E-state index in [0.29, 0.717) is 65.5 Å². The van der Waals surface area contributed by atoms with Crippen molar-refractivity contribution < 1.29 is 20.4 Å². The largest absolute Gasteiger partial charge is 0.494 e. The van der Waals surface area contributed by atoms with Crippen LogP contribution in [0.15, 0.2) is 43.4 Å². The molecular formula is C68H108N4O8. The lowest BCUT2D eigenvalue weighted by molar-refractivity contribution is 0.421. The molecule has 80 heavy (non-hydrogen) atoms. The van der Waals surface area contributed by atoms with Gasteiger partial charge in [0.2, 0.25) is 0 Å². The fourth-order valence-electron chi connectivity index (χ4n) is 12.9. The Morgan fingerprint density at radius 2 is 0.400 bits per heavy atom. The summed E-state index contributed by atoms with van der Waals surface area (Å²) in [6.45, 7) is 8.87. The van der Waals surface area contributed by atoms with Crippen molar-refractivity contribution in [1.29, 1.82) is 0 Å². The fourth-order valence-corrected chi connectivity index (χ4v) is 12.9. The van der Waals surface area contributed by atoms with Crippen LogP contribution < -0.4 is 22.2 Å². The van der Waals surface area contributed by atoms with Crippen molar-refractivity contribution in [3.05, 3.63) is 110 Å². The number of fused-ring (bicyclic) bond motifs is 8. The number of unbranched alkanes of at least 4 members (excludes halogenated alkanes) is 32. The van der Waals surface area contributed by atoms with Crippen LogP contribution >= 0.6 is 0 Å². The Kier molecular flexibility index (Phi) is 30.6. The summed E-state index contributed by atoms with van der Waals surface area (Å²) in [6.07, 6.45) is 40.8. The maximum atomic E-state index is 14.6. The molecule has 0 radical (unpaired) electrons. The van der Waals surface area contributed by atoms with Crippen LogP contribution in [0.2, 0.25) is 0 Å². The van der Waals surface area contributed by atoms with Crippen molar-refractivity contribution in [3.63, 3.8) is 0 Å². The van der Waals surface area contributed by atoms with Crippen LogP contribution in [0.25, 0.3) is 0 Å². The summed E-state index contributed by atoms with van der Waals surface area (Å²) in [7, 11) is 0. The highest BCUT2D eigenvalue weighted by atomic mass is 16.3. The van der Waals surface area contributed by atoms with E-state index in [0.717, 1.165) is 122 Å². The number of rotatable bonds is 40. The van der Waals surface area contributed by atoms with Gasteiger partial charge in [-0.3, -0.25) is 39.1 Å². The zero-order valence-corrected chi connectivity index (χ0v) is 50.3. The Morgan fingerprint density at radius 3 is 0.588 bits per heavy atom. The van der Waals surface area contributed by atoms with Crippen molar-refractivity contribution in [1.82, 2.24) is 19.9 Å². The van der Waals surface area contributed by atoms with E-state index in [1.165, 1.54) is 103 Å². The molecule has 0 fully saturated rings. The topological polar surface area (TPSA) is 212 Å². The van der Waals surface area contributed by atoms with Gasteiger partial charge in [-0.05, 0) is 49.9 Å². The van der Waals surface area contributed by atoms with Crippen LogP contribution in [-0.4, -0.2) is 40.4 Å². The van der Waals surface area contributed by atoms with Gasteiger partial charge in [0.15, 0.2) is 23.5 Å². The molecule has 12 heteroatoms. The van der Waals surface area contributed by atoms with Gasteiger partial charge in [-0.25, -0.2) is 0 Å². The van der Waals surface area contributed by atoms with Crippen molar-refractivity contribution in [3.8, 4) is 23.5 Å². The fraction of sp³-hybridized carbons (Fsp3) is 0.706. The Bertz CT molecular complexity index is 2470. The van der Waals surface area contributed by atoms with Crippen molar-refractivity contribution in [2.75, 3.05) is 0 Å². The first kappa shape index (κ1) is 65.8. The van der Waals surface area contributed by atoms with Crippen molar-refractivity contribution >= 4 is 0 Å². The number of hydrogen-bond acceptors (Lipinski definition) is 8. The molecule has 0 spiro atoms. The van der Waals surface area contributed by atoms with E-state index in [4.69, 9.17) is 0 Å². The molecule has 2 atom stereocenters. The van der Waals surface area contributed by atoms with Gasteiger partial charge >= 0.3 is 0 Å². The molecule has 0 amide bonds. The minimum Gasteiger partial charge on any atom is -0.494 e. The first-order valence-electron chi connectivity index (χ1n) is 32.8. The predicted octanol–water partition coefficient (Wildman–Crippen LogP) is 17.8. The highest BCUT2D eigenvalue weighted by molar-refractivity contribution is 5.50. The third-order valence-corrected chi connectivity index (χ3v) is 17.7. The minimum atomic E-state index is -0.775. The second-order valence-corrected chi connectivity index (χ2v) is 24.1. The van der Waals surface area contributed by atoms with Crippen molar-refractivity contribution in [2.45, 2.75) is 308 Å². The van der Waals surface area contributed by atoms with Gasteiger partial charge in [-0.2, -0.15) is 0 Å². The zero-order valence-electron chi connectivity index (χ0n) is 50.3. The zero-order chi connectivity index (χ0) is 57.5. The molecule has 8 bridgehead atoms. The van der Waals surface area contributed by atoms with Crippen LogP contribution in [0.1, 0.15) is 353 Å².